The molecule has 1 aromatic heterocycles. The van der Waals surface area contributed by atoms with E-state index in [1.165, 1.54) is 4.68 Å². The van der Waals surface area contributed by atoms with Crippen molar-refractivity contribution in [3.05, 3.63) is 50.9 Å². The van der Waals surface area contributed by atoms with Gasteiger partial charge in [0.05, 0.1) is 31.7 Å². The van der Waals surface area contributed by atoms with E-state index in [1.54, 1.807) is 20.4 Å². The van der Waals surface area contributed by atoms with Crippen LogP contribution in [0.2, 0.25) is 0 Å². The molecule has 6 nitrogen and oxygen atoms in total. The normalized spacial score (nSPS) is 15.4. The Morgan fingerprint density at radius 2 is 2.00 bits per heavy atom. The van der Waals surface area contributed by atoms with E-state index in [9.17, 15) is 4.79 Å². The van der Waals surface area contributed by atoms with Crippen LogP contribution in [0.3, 0.4) is 0 Å². The number of ether oxygens (including phenoxy) is 2. The molecular formula is C18H22BrN3O3. The maximum Gasteiger partial charge on any atom is 0.282 e. The van der Waals surface area contributed by atoms with Crippen molar-refractivity contribution < 1.29 is 9.47 Å². The number of anilines is 1. The van der Waals surface area contributed by atoms with Gasteiger partial charge in [0.15, 0.2) is 0 Å². The first kappa shape index (κ1) is 17.9. The van der Waals surface area contributed by atoms with Gasteiger partial charge in [0.1, 0.15) is 10.2 Å². The molecule has 0 radical (unpaired) electrons. The Kier molecular flexibility index (Phi) is 5.75. The van der Waals surface area contributed by atoms with E-state index >= 15 is 0 Å². The Balaban J connectivity index is 1.57. The minimum Gasteiger partial charge on any atom is -0.496 e. The molecule has 134 valence electrons. The number of halogens is 1. The average Bonchev–Trinajstić information content (AvgIpc) is 2.65. The van der Waals surface area contributed by atoms with Crippen molar-refractivity contribution >= 4 is 21.6 Å². The molecule has 0 bridgehead atoms. The number of para-hydroxylation sites is 1. The number of nitrogens with zero attached hydrogens (tertiary/aromatic N) is 3. The van der Waals surface area contributed by atoms with Gasteiger partial charge in [0, 0.05) is 25.7 Å². The predicted molar refractivity (Wildman–Crippen MR) is 100 cm³/mol. The quantitative estimate of drug-likeness (QED) is 0.762. The lowest BCUT2D eigenvalue weighted by Gasteiger charge is -2.33. The molecule has 1 aliphatic rings. The molecule has 1 aliphatic heterocycles. The Hall–Kier alpha value is -1.86. The van der Waals surface area contributed by atoms with Crippen molar-refractivity contribution in [2.45, 2.75) is 25.6 Å². The third-order valence-electron chi connectivity index (χ3n) is 4.51. The van der Waals surface area contributed by atoms with Gasteiger partial charge >= 0.3 is 0 Å². The molecule has 0 saturated carbocycles. The molecule has 2 aromatic rings. The number of benzene rings is 1. The molecule has 0 aliphatic carbocycles. The van der Waals surface area contributed by atoms with Crippen molar-refractivity contribution in [2.24, 2.45) is 7.05 Å². The summed E-state index contributed by atoms with van der Waals surface area (Å²) in [6, 6.07) is 7.92. The third kappa shape index (κ3) is 4.04. The van der Waals surface area contributed by atoms with Crippen LogP contribution in [0.5, 0.6) is 5.75 Å². The highest BCUT2D eigenvalue weighted by atomic mass is 79.9. The van der Waals surface area contributed by atoms with Crippen LogP contribution in [0.4, 0.5) is 5.69 Å². The minimum atomic E-state index is -0.118. The predicted octanol–water partition coefficient (Wildman–Crippen LogP) is 2.74. The van der Waals surface area contributed by atoms with Gasteiger partial charge in [-0.15, -0.1) is 0 Å². The number of rotatable bonds is 5. The monoisotopic (exact) mass is 407 g/mol. The van der Waals surface area contributed by atoms with Crippen LogP contribution >= 0.6 is 15.9 Å². The molecule has 0 atom stereocenters. The summed E-state index contributed by atoms with van der Waals surface area (Å²) in [5.74, 6) is 0.857. The lowest BCUT2D eigenvalue weighted by molar-refractivity contribution is 0.0242. The fourth-order valence-electron chi connectivity index (χ4n) is 3.02. The van der Waals surface area contributed by atoms with E-state index in [1.807, 2.05) is 24.3 Å². The fourth-order valence-corrected chi connectivity index (χ4v) is 3.63. The summed E-state index contributed by atoms with van der Waals surface area (Å²) < 4.78 is 13.3. The summed E-state index contributed by atoms with van der Waals surface area (Å²) in [6.07, 6.45) is 3.77. The highest BCUT2D eigenvalue weighted by Crippen LogP contribution is 2.27. The summed E-state index contributed by atoms with van der Waals surface area (Å²) in [7, 11) is 3.32. The Bertz CT molecular complexity index is 785. The van der Waals surface area contributed by atoms with Crippen LogP contribution < -0.4 is 15.2 Å². The summed E-state index contributed by atoms with van der Waals surface area (Å²) in [4.78, 5) is 14.2. The first-order valence-corrected chi connectivity index (χ1v) is 9.09. The van der Waals surface area contributed by atoms with Crippen LogP contribution in [-0.4, -0.2) is 36.1 Å². The molecular weight excluding hydrogens is 386 g/mol. The third-order valence-corrected chi connectivity index (χ3v) is 5.25. The van der Waals surface area contributed by atoms with Gasteiger partial charge in [0.2, 0.25) is 0 Å². The summed E-state index contributed by atoms with van der Waals surface area (Å²) >= 11 is 3.40. The molecule has 1 fully saturated rings. The zero-order valence-corrected chi connectivity index (χ0v) is 16.0. The number of piperidine rings is 1. The molecule has 7 heteroatoms. The minimum absolute atomic E-state index is 0.118. The first-order chi connectivity index (χ1) is 12.1. The topological polar surface area (TPSA) is 56.6 Å². The smallest absolute Gasteiger partial charge is 0.282 e. The summed E-state index contributed by atoms with van der Waals surface area (Å²) in [6.45, 7) is 2.22. The number of methoxy groups -OCH3 is 1. The van der Waals surface area contributed by atoms with E-state index in [4.69, 9.17) is 9.47 Å². The van der Waals surface area contributed by atoms with Crippen LogP contribution in [-0.2, 0) is 18.4 Å². The van der Waals surface area contributed by atoms with Crippen molar-refractivity contribution in [3.63, 3.8) is 0 Å². The van der Waals surface area contributed by atoms with E-state index in [0.29, 0.717) is 11.1 Å². The Labute approximate surface area is 155 Å². The van der Waals surface area contributed by atoms with Gasteiger partial charge in [-0.2, -0.15) is 5.10 Å². The van der Waals surface area contributed by atoms with Crippen LogP contribution in [0.25, 0.3) is 0 Å². The van der Waals surface area contributed by atoms with Gasteiger partial charge in [-0.3, -0.25) is 4.79 Å². The second-order valence-electron chi connectivity index (χ2n) is 6.08. The fraction of sp³-hybridized carbons (Fsp3) is 0.444. The summed E-state index contributed by atoms with van der Waals surface area (Å²) in [5, 5.41) is 4.12. The van der Waals surface area contributed by atoms with E-state index in [-0.39, 0.29) is 11.7 Å². The van der Waals surface area contributed by atoms with Gasteiger partial charge in [-0.25, -0.2) is 4.68 Å². The van der Waals surface area contributed by atoms with E-state index in [2.05, 4.69) is 25.9 Å². The zero-order valence-electron chi connectivity index (χ0n) is 14.4. The Morgan fingerprint density at radius 3 is 2.72 bits per heavy atom. The van der Waals surface area contributed by atoms with Crippen LogP contribution in [0, 0.1) is 0 Å². The lowest BCUT2D eigenvalue weighted by atomic mass is 10.1. The molecule has 25 heavy (non-hydrogen) atoms. The van der Waals surface area contributed by atoms with Crippen molar-refractivity contribution in [3.8, 4) is 5.75 Å². The number of aromatic nitrogens is 2. The van der Waals surface area contributed by atoms with Crippen molar-refractivity contribution in [2.75, 3.05) is 25.1 Å². The molecule has 0 spiro atoms. The molecule has 1 aromatic carbocycles. The maximum absolute atomic E-state index is 12.0. The largest absolute Gasteiger partial charge is 0.496 e. The van der Waals surface area contributed by atoms with Gasteiger partial charge < -0.3 is 14.4 Å². The van der Waals surface area contributed by atoms with Gasteiger partial charge in [-0.1, -0.05) is 18.2 Å². The average molecular weight is 408 g/mol. The zero-order chi connectivity index (χ0) is 17.8. The molecule has 0 N–H and O–H groups in total. The standard InChI is InChI=1S/C18H22BrN3O3/c1-21-18(23)17(19)15(11-20-21)22-9-7-14(8-10-22)25-12-13-5-3-4-6-16(13)24-2/h3-6,11,14H,7-10,12H2,1-2H3. The highest BCUT2D eigenvalue weighted by molar-refractivity contribution is 9.10. The first-order valence-electron chi connectivity index (χ1n) is 8.30. The van der Waals surface area contributed by atoms with Crippen molar-refractivity contribution in [1.82, 2.24) is 9.78 Å². The van der Waals surface area contributed by atoms with Gasteiger partial charge in [-0.05, 0) is 34.8 Å². The van der Waals surface area contributed by atoms with Crippen molar-refractivity contribution in [1.29, 1.82) is 0 Å². The van der Waals surface area contributed by atoms with E-state index in [0.717, 1.165) is 42.9 Å². The second kappa shape index (κ2) is 8.01. The second-order valence-corrected chi connectivity index (χ2v) is 6.87. The number of hydrogen-bond donors (Lipinski definition) is 0. The Morgan fingerprint density at radius 1 is 1.28 bits per heavy atom. The van der Waals surface area contributed by atoms with Crippen LogP contribution in [0.1, 0.15) is 18.4 Å². The number of hydrogen-bond acceptors (Lipinski definition) is 5. The number of aryl methyl sites for hydroxylation is 1. The maximum atomic E-state index is 12.0. The molecule has 0 amide bonds. The summed E-state index contributed by atoms with van der Waals surface area (Å²) in [5.41, 5.74) is 1.80. The van der Waals surface area contributed by atoms with Gasteiger partial charge in [0.25, 0.3) is 5.56 Å². The van der Waals surface area contributed by atoms with E-state index < -0.39 is 0 Å². The van der Waals surface area contributed by atoms with Crippen LogP contribution in [0.15, 0.2) is 39.7 Å². The molecule has 3 rings (SSSR count). The lowest BCUT2D eigenvalue weighted by Crippen LogP contribution is -2.38. The molecule has 2 heterocycles. The highest BCUT2D eigenvalue weighted by Gasteiger charge is 2.23. The molecule has 1 saturated heterocycles. The SMILES string of the molecule is COc1ccccc1COC1CCN(c2cnn(C)c(=O)c2Br)CC1. The molecule has 0 unspecified atom stereocenters.